The van der Waals surface area contributed by atoms with Crippen molar-refractivity contribution in [3.8, 4) is 6.07 Å². The first kappa shape index (κ1) is 48.2. The summed E-state index contributed by atoms with van der Waals surface area (Å²) < 4.78 is 47.2. The Kier molecular flexibility index (Phi) is 22.1. The molecule has 0 amide bonds. The third kappa shape index (κ3) is 17.8. The number of anilines is 2. The number of nitrogens with one attached hydrogen (secondary N) is 1. The number of aliphatic carboxylic acids is 1. The van der Waals surface area contributed by atoms with E-state index in [0.29, 0.717) is 64.1 Å². The molecule has 0 saturated carbocycles. The first-order valence-corrected chi connectivity index (χ1v) is 18.9. The number of esters is 2. The van der Waals surface area contributed by atoms with Crippen molar-refractivity contribution in [2.24, 2.45) is 11.8 Å². The van der Waals surface area contributed by atoms with E-state index in [0.717, 1.165) is 76.0 Å². The summed E-state index contributed by atoms with van der Waals surface area (Å²) in [6.07, 6.45) is 10.4. The molecule has 0 atom stereocenters. The molecule has 3 saturated heterocycles. The number of carboxylic acid groups (broad SMARTS) is 1. The molecular weight excluding hydrogens is 796 g/mol. The van der Waals surface area contributed by atoms with Gasteiger partial charge < -0.3 is 29.7 Å². The quantitative estimate of drug-likeness (QED) is 0.182. The fourth-order valence-corrected chi connectivity index (χ4v) is 5.67. The van der Waals surface area contributed by atoms with Gasteiger partial charge in [0, 0.05) is 33.1 Å². The average Bonchev–Trinajstić information content (AvgIpc) is 3.21. The van der Waals surface area contributed by atoms with Crippen LogP contribution in [0.2, 0.25) is 5.28 Å². The van der Waals surface area contributed by atoms with Gasteiger partial charge in [-0.3, -0.25) is 14.4 Å². The molecule has 6 rings (SSSR count). The van der Waals surface area contributed by atoms with E-state index in [1.807, 2.05) is 11.8 Å². The van der Waals surface area contributed by atoms with E-state index in [-0.39, 0.29) is 29.1 Å². The Morgan fingerprint density at radius 2 is 1.12 bits per heavy atom. The highest BCUT2D eigenvalue weighted by Crippen LogP contribution is 2.30. The number of ether oxygens (including phenoxy) is 2. The fraction of sp³-hybridized carbons (Fsp3) is 0.556. The number of alkyl halides is 1. The molecule has 3 aliphatic rings. The van der Waals surface area contributed by atoms with Gasteiger partial charge in [0.2, 0.25) is 17.2 Å². The number of nitriles is 1. The summed E-state index contributed by atoms with van der Waals surface area (Å²) in [7, 11) is 0. The van der Waals surface area contributed by atoms with Gasteiger partial charge in [-0.1, -0.05) is 0 Å². The predicted octanol–water partition coefficient (Wildman–Crippen LogP) is 5.02. The number of rotatable bonds is 7. The fourth-order valence-electron chi connectivity index (χ4n) is 5.40. The molecule has 57 heavy (non-hydrogen) atoms. The molecule has 3 fully saturated rings. The average molecular weight is 844 g/mol. The Morgan fingerprint density at radius 3 is 1.47 bits per heavy atom. The Bertz CT molecular complexity index is 1650. The summed E-state index contributed by atoms with van der Waals surface area (Å²) in [6, 6.07) is 1.75. The standard InChI is InChI=1S/C12H16FN3O2.C10H11ClFN3O2.C8H15NO2.C4H2ClFN2.C2H3N/c1-2-18-11(17)9-3-5-16(6-4-9)12-14-7-10(13)8-15-12;11-10(8(16)17)1-3-15(4-2-10)9-13-5-7(12)6-14-9;1-2-11-8(10)7-3-5-9-6-4-7;5-4-7-1-3(6)2-8-4;1-2-3/h7-9H,2-6H2,1H3;5-6H,1-4H2,(H,16,17);7,9H,2-6H2,1H3;1-2H;1H3. The maximum atomic E-state index is 12.7. The van der Waals surface area contributed by atoms with Crippen molar-refractivity contribution in [3.63, 3.8) is 0 Å². The molecule has 21 heteroatoms. The predicted molar refractivity (Wildman–Crippen MR) is 204 cm³/mol. The maximum Gasteiger partial charge on any atom is 0.324 e. The van der Waals surface area contributed by atoms with Crippen molar-refractivity contribution in [2.75, 3.05) is 62.3 Å². The number of aromatic nitrogens is 6. The Hall–Kier alpha value is -4.93. The molecule has 3 aromatic rings. The van der Waals surface area contributed by atoms with Crippen LogP contribution < -0.4 is 15.1 Å². The van der Waals surface area contributed by atoms with Crippen LogP contribution in [0.25, 0.3) is 0 Å². The third-order valence-corrected chi connectivity index (χ3v) is 9.12. The SMILES string of the molecule is CC#N.CCOC(=O)C1CCN(c2ncc(F)cn2)CC1.CCOC(=O)C1CCNCC1.Fc1cnc(Cl)nc1.O=C(O)C1(Cl)CCN(c2ncc(F)cn2)CC1. The Labute approximate surface area is 339 Å². The van der Waals surface area contributed by atoms with E-state index in [2.05, 4.69) is 35.2 Å². The topological polar surface area (TPSA) is 210 Å². The largest absolute Gasteiger partial charge is 0.480 e. The van der Waals surface area contributed by atoms with Crippen LogP contribution in [0, 0.1) is 40.6 Å². The van der Waals surface area contributed by atoms with Crippen LogP contribution in [0.3, 0.4) is 0 Å². The molecule has 16 nitrogen and oxygen atoms in total. The number of nitrogens with zero attached hydrogens (tertiary/aromatic N) is 9. The number of hydrogen-bond acceptors (Lipinski definition) is 15. The van der Waals surface area contributed by atoms with E-state index >= 15 is 0 Å². The molecule has 0 bridgehead atoms. The molecule has 0 aliphatic carbocycles. The highest BCUT2D eigenvalue weighted by atomic mass is 35.5. The van der Waals surface area contributed by atoms with Crippen molar-refractivity contribution in [1.82, 2.24) is 35.2 Å². The molecule has 0 aromatic carbocycles. The zero-order chi connectivity index (χ0) is 42.2. The Balaban J connectivity index is 0.000000266. The first-order chi connectivity index (χ1) is 27.3. The van der Waals surface area contributed by atoms with E-state index in [1.165, 1.54) is 6.92 Å². The highest BCUT2D eigenvalue weighted by molar-refractivity contribution is 6.33. The van der Waals surface area contributed by atoms with Gasteiger partial charge in [-0.15, -0.1) is 11.6 Å². The van der Waals surface area contributed by atoms with E-state index in [9.17, 15) is 27.6 Å². The number of hydrogen-bond donors (Lipinski definition) is 2. The highest BCUT2D eigenvalue weighted by Gasteiger charge is 2.40. The molecule has 3 aliphatic heterocycles. The minimum absolute atomic E-state index is 0.0194. The van der Waals surface area contributed by atoms with Crippen LogP contribution in [0.5, 0.6) is 0 Å². The lowest BCUT2D eigenvalue weighted by molar-refractivity contribution is -0.149. The van der Waals surface area contributed by atoms with E-state index < -0.39 is 28.3 Å². The molecule has 312 valence electrons. The summed E-state index contributed by atoms with van der Waals surface area (Å²) in [5.41, 5.74) is 0. The Morgan fingerprint density at radius 1 is 0.772 bits per heavy atom. The van der Waals surface area contributed by atoms with Crippen molar-refractivity contribution in [1.29, 1.82) is 5.26 Å². The molecule has 2 N–H and O–H groups in total. The lowest BCUT2D eigenvalue weighted by Crippen LogP contribution is -2.46. The summed E-state index contributed by atoms with van der Waals surface area (Å²) in [5, 5.41) is 19.5. The van der Waals surface area contributed by atoms with Crippen LogP contribution >= 0.6 is 23.2 Å². The summed E-state index contributed by atoms with van der Waals surface area (Å²) in [4.78, 5) is 58.5. The summed E-state index contributed by atoms with van der Waals surface area (Å²) in [5.74, 6) is -1.55. The van der Waals surface area contributed by atoms with Gasteiger partial charge in [0.1, 0.15) is 4.87 Å². The lowest BCUT2D eigenvalue weighted by Gasteiger charge is -2.34. The lowest BCUT2D eigenvalue weighted by atomic mass is 9.96. The van der Waals surface area contributed by atoms with Gasteiger partial charge in [-0.05, 0) is 77.1 Å². The van der Waals surface area contributed by atoms with Crippen molar-refractivity contribution in [2.45, 2.75) is 64.2 Å². The molecule has 0 radical (unpaired) electrons. The molecular formula is C36H47Cl2F3N10O6. The van der Waals surface area contributed by atoms with Crippen molar-refractivity contribution in [3.05, 3.63) is 59.9 Å². The van der Waals surface area contributed by atoms with Crippen LogP contribution in [-0.2, 0) is 23.9 Å². The second-order valence-corrected chi connectivity index (χ2v) is 13.4. The smallest absolute Gasteiger partial charge is 0.324 e. The van der Waals surface area contributed by atoms with Crippen LogP contribution in [0.4, 0.5) is 25.1 Å². The minimum Gasteiger partial charge on any atom is -0.480 e. The van der Waals surface area contributed by atoms with Crippen LogP contribution in [-0.4, -0.2) is 110 Å². The second kappa shape index (κ2) is 26.1. The number of carbonyl (C=O) groups is 3. The molecule has 0 unspecified atom stereocenters. The van der Waals surface area contributed by atoms with E-state index in [4.69, 9.17) is 43.0 Å². The zero-order valence-corrected chi connectivity index (χ0v) is 33.4. The van der Waals surface area contributed by atoms with Crippen molar-refractivity contribution >= 4 is 53.0 Å². The maximum absolute atomic E-state index is 12.7. The zero-order valence-electron chi connectivity index (χ0n) is 31.9. The third-order valence-electron chi connectivity index (χ3n) is 8.38. The summed E-state index contributed by atoms with van der Waals surface area (Å²) in [6.45, 7) is 10.2. The van der Waals surface area contributed by atoms with Crippen LogP contribution in [0.1, 0.15) is 59.3 Å². The number of halogens is 5. The second-order valence-electron chi connectivity index (χ2n) is 12.3. The van der Waals surface area contributed by atoms with E-state index in [1.54, 1.807) is 17.9 Å². The van der Waals surface area contributed by atoms with Gasteiger partial charge in [-0.2, -0.15) is 5.26 Å². The van der Waals surface area contributed by atoms with Gasteiger partial charge >= 0.3 is 17.9 Å². The summed E-state index contributed by atoms with van der Waals surface area (Å²) >= 11 is 11.2. The van der Waals surface area contributed by atoms with Gasteiger partial charge in [0.25, 0.3) is 0 Å². The van der Waals surface area contributed by atoms with Gasteiger partial charge in [0.15, 0.2) is 17.5 Å². The van der Waals surface area contributed by atoms with Crippen LogP contribution in [0.15, 0.2) is 37.2 Å². The molecule has 3 aromatic heterocycles. The number of piperidine rings is 3. The molecule has 6 heterocycles. The van der Waals surface area contributed by atoms with Gasteiger partial charge in [0.05, 0.1) is 68.3 Å². The number of carbonyl (C=O) groups excluding carboxylic acids is 2. The van der Waals surface area contributed by atoms with Crippen molar-refractivity contribution < 1.29 is 42.1 Å². The minimum atomic E-state index is -1.20. The molecule has 0 spiro atoms. The van der Waals surface area contributed by atoms with Gasteiger partial charge in [-0.25, -0.2) is 43.1 Å². The number of carboxylic acids is 1. The first-order valence-electron chi connectivity index (χ1n) is 18.1. The normalized spacial score (nSPS) is 16.2. The monoisotopic (exact) mass is 842 g/mol.